The number of aromatic nitrogens is 3. The van der Waals surface area contributed by atoms with E-state index in [2.05, 4.69) is 4.98 Å². The van der Waals surface area contributed by atoms with E-state index in [1.807, 2.05) is 4.90 Å². The molecular formula is C20H18ClFN4O2. The minimum Gasteiger partial charge on any atom is -0.370 e. The van der Waals surface area contributed by atoms with Gasteiger partial charge in [-0.15, -0.1) is 0 Å². The second-order valence-electron chi connectivity index (χ2n) is 6.55. The van der Waals surface area contributed by atoms with E-state index >= 15 is 0 Å². The Kier molecular flexibility index (Phi) is 5.11. The number of ether oxygens (including phenoxy) is 1. The van der Waals surface area contributed by atoms with Gasteiger partial charge >= 0.3 is 0 Å². The molecule has 3 heterocycles. The summed E-state index contributed by atoms with van der Waals surface area (Å²) >= 11 is 6.23. The normalized spacial score (nSPS) is 17.0. The Morgan fingerprint density at radius 3 is 2.79 bits per heavy atom. The molecule has 1 aliphatic rings. The van der Waals surface area contributed by atoms with Crippen LogP contribution in [0.4, 0.5) is 10.3 Å². The van der Waals surface area contributed by atoms with Gasteiger partial charge in [0.25, 0.3) is 5.56 Å². The molecule has 8 heteroatoms. The lowest BCUT2D eigenvalue weighted by Crippen LogP contribution is -2.41. The molecule has 0 bridgehead atoms. The number of nitrogens with zero attached hydrogens (tertiary/aromatic N) is 4. The highest BCUT2D eigenvalue weighted by Crippen LogP contribution is 2.28. The Hall–Kier alpha value is -2.77. The highest BCUT2D eigenvalue weighted by molar-refractivity contribution is 6.33. The molecular weight excluding hydrogens is 383 g/mol. The Balaban J connectivity index is 1.69. The largest absolute Gasteiger partial charge is 0.370 e. The van der Waals surface area contributed by atoms with Crippen LogP contribution in [0.1, 0.15) is 11.7 Å². The first-order chi connectivity index (χ1) is 13.5. The molecule has 0 amide bonds. The van der Waals surface area contributed by atoms with Crippen molar-refractivity contribution in [2.75, 3.05) is 24.6 Å². The molecule has 1 atom stereocenters. The van der Waals surface area contributed by atoms with E-state index in [0.717, 1.165) is 5.56 Å². The SMILES string of the molecule is Cn1c(N2CCO[C@@H](c3ccc(F)cc3)C2)nc(-c2ccncc2Cl)cc1=O. The van der Waals surface area contributed by atoms with Crippen molar-refractivity contribution in [3.8, 4) is 11.3 Å². The van der Waals surface area contributed by atoms with Crippen molar-refractivity contribution < 1.29 is 9.13 Å². The summed E-state index contributed by atoms with van der Waals surface area (Å²) in [5, 5.41) is 0.431. The zero-order valence-corrected chi connectivity index (χ0v) is 15.9. The number of rotatable bonds is 3. The van der Waals surface area contributed by atoms with E-state index < -0.39 is 0 Å². The molecule has 28 heavy (non-hydrogen) atoms. The smallest absolute Gasteiger partial charge is 0.255 e. The van der Waals surface area contributed by atoms with Crippen molar-refractivity contribution in [3.05, 3.63) is 75.5 Å². The molecule has 1 saturated heterocycles. The lowest BCUT2D eigenvalue weighted by molar-refractivity contribution is 0.0389. The van der Waals surface area contributed by atoms with Crippen LogP contribution in [0.15, 0.2) is 53.6 Å². The fourth-order valence-corrected chi connectivity index (χ4v) is 3.46. The molecule has 1 aromatic carbocycles. The molecule has 0 saturated carbocycles. The number of benzene rings is 1. The highest BCUT2D eigenvalue weighted by atomic mass is 35.5. The Labute approximate surface area is 166 Å². The summed E-state index contributed by atoms with van der Waals surface area (Å²) < 4.78 is 20.6. The summed E-state index contributed by atoms with van der Waals surface area (Å²) in [7, 11) is 1.69. The minimum absolute atomic E-state index is 0.183. The third-order valence-corrected chi connectivity index (χ3v) is 5.05. The van der Waals surface area contributed by atoms with E-state index in [-0.39, 0.29) is 17.5 Å². The van der Waals surface area contributed by atoms with Gasteiger partial charge in [-0.25, -0.2) is 9.37 Å². The van der Waals surface area contributed by atoms with Crippen LogP contribution in [0.5, 0.6) is 0 Å². The highest BCUT2D eigenvalue weighted by Gasteiger charge is 2.25. The van der Waals surface area contributed by atoms with Crippen molar-refractivity contribution >= 4 is 17.5 Å². The van der Waals surface area contributed by atoms with Crippen molar-refractivity contribution in [2.45, 2.75) is 6.10 Å². The molecule has 1 fully saturated rings. The van der Waals surface area contributed by atoms with Gasteiger partial charge in [0.05, 0.1) is 23.9 Å². The van der Waals surface area contributed by atoms with Crippen LogP contribution in [0, 0.1) is 5.82 Å². The van der Waals surface area contributed by atoms with E-state index in [4.69, 9.17) is 21.3 Å². The molecule has 3 aromatic rings. The van der Waals surface area contributed by atoms with E-state index in [1.54, 1.807) is 31.4 Å². The third kappa shape index (κ3) is 3.63. The fourth-order valence-electron chi connectivity index (χ4n) is 3.24. The first-order valence-corrected chi connectivity index (χ1v) is 9.20. The first-order valence-electron chi connectivity index (χ1n) is 8.83. The van der Waals surface area contributed by atoms with Crippen LogP contribution in [0.2, 0.25) is 5.02 Å². The maximum absolute atomic E-state index is 13.2. The van der Waals surface area contributed by atoms with E-state index in [1.165, 1.54) is 29.0 Å². The van der Waals surface area contributed by atoms with Crippen LogP contribution in [0.3, 0.4) is 0 Å². The van der Waals surface area contributed by atoms with E-state index in [9.17, 15) is 9.18 Å². The van der Waals surface area contributed by atoms with Gasteiger partial charge in [-0.05, 0) is 23.8 Å². The predicted octanol–water partition coefficient (Wildman–Crippen LogP) is 3.21. The van der Waals surface area contributed by atoms with Gasteiger partial charge < -0.3 is 9.64 Å². The van der Waals surface area contributed by atoms with Gasteiger partial charge in [-0.2, -0.15) is 0 Å². The summed E-state index contributed by atoms with van der Waals surface area (Å²) in [5.74, 6) is 0.244. The summed E-state index contributed by atoms with van der Waals surface area (Å²) in [6, 6.07) is 9.44. The van der Waals surface area contributed by atoms with Crippen molar-refractivity contribution in [2.24, 2.45) is 7.05 Å². The van der Waals surface area contributed by atoms with Gasteiger partial charge in [0.15, 0.2) is 0 Å². The maximum Gasteiger partial charge on any atom is 0.255 e. The predicted molar refractivity (Wildman–Crippen MR) is 105 cm³/mol. The molecule has 0 spiro atoms. The van der Waals surface area contributed by atoms with Gasteiger partial charge in [0, 0.05) is 37.6 Å². The molecule has 4 rings (SSSR count). The van der Waals surface area contributed by atoms with Gasteiger partial charge in [0.2, 0.25) is 5.95 Å². The maximum atomic E-state index is 13.2. The molecule has 0 aliphatic carbocycles. The van der Waals surface area contributed by atoms with Crippen molar-refractivity contribution in [1.29, 1.82) is 0 Å². The number of pyridine rings is 1. The zero-order valence-electron chi connectivity index (χ0n) is 15.2. The standard InChI is InChI=1S/C20H18ClFN4O2/c1-25-19(27)10-17(15-6-7-23-11-16(15)21)24-20(25)26-8-9-28-18(12-26)13-2-4-14(22)5-3-13/h2-7,10-11,18H,8-9,12H2,1H3/t18-/m1/s1. The Morgan fingerprint density at radius 2 is 2.04 bits per heavy atom. The van der Waals surface area contributed by atoms with Gasteiger partial charge in [-0.3, -0.25) is 14.3 Å². The molecule has 0 N–H and O–H groups in total. The number of morpholine rings is 1. The summed E-state index contributed by atoms with van der Waals surface area (Å²) in [4.78, 5) is 23.2. The second kappa shape index (κ2) is 7.69. The lowest BCUT2D eigenvalue weighted by atomic mass is 10.1. The average molecular weight is 401 g/mol. The monoisotopic (exact) mass is 400 g/mol. The minimum atomic E-state index is -0.289. The summed E-state index contributed by atoms with van der Waals surface area (Å²) in [6.07, 6.45) is 2.90. The summed E-state index contributed by atoms with van der Waals surface area (Å²) in [5.41, 5.74) is 1.84. The van der Waals surface area contributed by atoms with Crippen molar-refractivity contribution in [1.82, 2.24) is 14.5 Å². The zero-order chi connectivity index (χ0) is 19.7. The van der Waals surface area contributed by atoms with Gasteiger partial charge in [-0.1, -0.05) is 23.7 Å². The number of hydrogen-bond acceptors (Lipinski definition) is 5. The molecule has 0 radical (unpaired) electrons. The van der Waals surface area contributed by atoms with Gasteiger partial charge in [0.1, 0.15) is 11.9 Å². The molecule has 144 valence electrons. The summed E-state index contributed by atoms with van der Waals surface area (Å²) in [6.45, 7) is 1.56. The molecule has 1 aliphatic heterocycles. The first kappa shape index (κ1) is 18.6. The lowest BCUT2D eigenvalue weighted by Gasteiger charge is -2.34. The fraction of sp³-hybridized carbons (Fsp3) is 0.250. The third-order valence-electron chi connectivity index (χ3n) is 4.75. The Bertz CT molecular complexity index is 1050. The van der Waals surface area contributed by atoms with E-state index in [0.29, 0.717) is 41.9 Å². The molecule has 6 nitrogen and oxygen atoms in total. The molecule has 0 unspecified atom stereocenters. The van der Waals surface area contributed by atoms with Crippen LogP contribution in [-0.4, -0.2) is 34.2 Å². The number of hydrogen-bond donors (Lipinski definition) is 0. The second-order valence-corrected chi connectivity index (χ2v) is 6.96. The number of anilines is 1. The quantitative estimate of drug-likeness (QED) is 0.675. The number of halogens is 2. The molecule has 2 aromatic heterocycles. The average Bonchev–Trinajstić information content (AvgIpc) is 2.71. The topological polar surface area (TPSA) is 60.2 Å². The van der Waals surface area contributed by atoms with Crippen LogP contribution in [0.25, 0.3) is 11.3 Å². The Morgan fingerprint density at radius 1 is 1.25 bits per heavy atom. The van der Waals surface area contributed by atoms with Crippen LogP contribution in [-0.2, 0) is 11.8 Å². The van der Waals surface area contributed by atoms with Crippen molar-refractivity contribution in [3.63, 3.8) is 0 Å². The van der Waals surface area contributed by atoms with Crippen LogP contribution < -0.4 is 10.5 Å². The van der Waals surface area contributed by atoms with Crippen LogP contribution >= 0.6 is 11.6 Å².